The predicted molar refractivity (Wildman–Crippen MR) is 121 cm³/mol. The maximum Gasteiger partial charge on any atom is 0.264 e. The highest BCUT2D eigenvalue weighted by Crippen LogP contribution is 2.20. The van der Waals surface area contributed by atoms with E-state index in [4.69, 9.17) is 5.26 Å². The normalized spacial score (nSPS) is 10.8. The van der Waals surface area contributed by atoms with Crippen molar-refractivity contribution in [3.8, 4) is 6.19 Å². The summed E-state index contributed by atoms with van der Waals surface area (Å²) in [5.74, 6) is -0.445. The molecular formula is C23H21N5O2S. The highest BCUT2D eigenvalue weighted by Gasteiger charge is 2.13. The van der Waals surface area contributed by atoms with Crippen molar-refractivity contribution < 1.29 is 9.59 Å². The number of hydrogen-bond acceptors (Lipinski definition) is 6. The van der Waals surface area contributed by atoms with Crippen molar-refractivity contribution in [3.05, 3.63) is 75.5 Å². The number of nitriles is 1. The molecule has 2 heterocycles. The third-order valence-electron chi connectivity index (χ3n) is 4.38. The van der Waals surface area contributed by atoms with E-state index in [2.05, 4.69) is 34.4 Å². The van der Waals surface area contributed by atoms with Gasteiger partial charge in [-0.15, -0.1) is 11.3 Å². The van der Waals surface area contributed by atoms with Gasteiger partial charge in [0, 0.05) is 17.1 Å². The number of thiazole rings is 1. The van der Waals surface area contributed by atoms with Crippen LogP contribution in [0.25, 0.3) is 12.2 Å². The Labute approximate surface area is 184 Å². The summed E-state index contributed by atoms with van der Waals surface area (Å²) in [6, 6.07) is 8.49. The topological polar surface area (TPSA) is 108 Å². The van der Waals surface area contributed by atoms with Crippen molar-refractivity contribution in [3.63, 3.8) is 0 Å². The molecule has 0 unspecified atom stereocenters. The summed E-state index contributed by atoms with van der Waals surface area (Å²) in [6.45, 7) is 4.21. The average molecular weight is 432 g/mol. The van der Waals surface area contributed by atoms with Gasteiger partial charge in [0.25, 0.3) is 5.91 Å². The molecule has 2 N–H and O–H groups in total. The van der Waals surface area contributed by atoms with Gasteiger partial charge in [-0.3, -0.25) is 19.9 Å². The second-order valence-electron chi connectivity index (χ2n) is 7.05. The highest BCUT2D eigenvalue weighted by atomic mass is 32.1. The van der Waals surface area contributed by atoms with Crippen LogP contribution in [0.4, 0.5) is 5.69 Å². The molecule has 0 aliphatic carbocycles. The first kappa shape index (κ1) is 21.9. The molecule has 31 heavy (non-hydrogen) atoms. The number of benzene rings is 1. The number of rotatable bonds is 7. The van der Waals surface area contributed by atoms with Gasteiger partial charge >= 0.3 is 0 Å². The van der Waals surface area contributed by atoms with Crippen LogP contribution in [0, 0.1) is 11.5 Å². The Kier molecular flexibility index (Phi) is 7.25. The predicted octanol–water partition coefficient (Wildman–Crippen LogP) is 4.22. The fourth-order valence-corrected chi connectivity index (χ4v) is 3.69. The quantitative estimate of drug-likeness (QED) is 0.430. The maximum absolute atomic E-state index is 12.5. The lowest BCUT2D eigenvalue weighted by Crippen LogP contribution is -2.21. The van der Waals surface area contributed by atoms with Gasteiger partial charge < -0.3 is 5.32 Å². The minimum Gasteiger partial charge on any atom is -0.324 e. The van der Waals surface area contributed by atoms with Crippen LogP contribution in [0.5, 0.6) is 0 Å². The van der Waals surface area contributed by atoms with Crippen molar-refractivity contribution in [1.29, 1.82) is 5.26 Å². The zero-order chi connectivity index (χ0) is 22.2. The number of anilines is 1. The van der Waals surface area contributed by atoms with Crippen LogP contribution in [0.1, 0.15) is 52.0 Å². The molecule has 1 aromatic carbocycles. The van der Waals surface area contributed by atoms with Gasteiger partial charge in [-0.1, -0.05) is 38.1 Å². The molecule has 3 rings (SSSR count). The molecule has 7 nitrogen and oxygen atoms in total. The van der Waals surface area contributed by atoms with E-state index in [1.165, 1.54) is 0 Å². The number of carbonyl (C=O) groups excluding carboxylic acids is 2. The largest absolute Gasteiger partial charge is 0.324 e. The van der Waals surface area contributed by atoms with Crippen molar-refractivity contribution in [2.75, 3.05) is 5.32 Å². The van der Waals surface area contributed by atoms with Crippen molar-refractivity contribution in [1.82, 2.24) is 15.3 Å². The molecule has 0 aliphatic heterocycles. The monoisotopic (exact) mass is 431 g/mol. The lowest BCUT2D eigenvalue weighted by atomic mass is 10.0. The molecule has 0 atom stereocenters. The van der Waals surface area contributed by atoms with Crippen molar-refractivity contribution in [2.45, 2.75) is 26.2 Å². The molecule has 156 valence electrons. The summed E-state index contributed by atoms with van der Waals surface area (Å²) in [7, 11) is 0. The molecule has 2 aromatic heterocycles. The fourth-order valence-electron chi connectivity index (χ4n) is 2.82. The minimum atomic E-state index is -0.539. The van der Waals surface area contributed by atoms with E-state index in [0.29, 0.717) is 22.7 Å². The van der Waals surface area contributed by atoms with Crippen molar-refractivity contribution >= 4 is 41.0 Å². The van der Waals surface area contributed by atoms with Crippen LogP contribution in [0.15, 0.2) is 48.1 Å². The maximum atomic E-state index is 12.5. The lowest BCUT2D eigenvalue weighted by molar-refractivity contribution is -0.115. The zero-order valence-corrected chi connectivity index (χ0v) is 17.9. The summed E-state index contributed by atoms with van der Waals surface area (Å²) in [5, 5.41) is 16.5. The van der Waals surface area contributed by atoms with Gasteiger partial charge in [-0.25, -0.2) is 4.98 Å². The van der Waals surface area contributed by atoms with E-state index < -0.39 is 5.91 Å². The number of pyridine rings is 1. The third kappa shape index (κ3) is 6.07. The average Bonchev–Trinajstić information content (AvgIpc) is 3.22. The second kappa shape index (κ2) is 10.3. The molecule has 8 heteroatoms. The van der Waals surface area contributed by atoms with E-state index in [0.717, 1.165) is 16.3 Å². The van der Waals surface area contributed by atoms with Gasteiger partial charge in [-0.05, 0) is 35.3 Å². The van der Waals surface area contributed by atoms with Gasteiger partial charge in [-0.2, -0.15) is 5.26 Å². The zero-order valence-electron chi connectivity index (χ0n) is 17.1. The highest BCUT2D eigenvalue weighted by molar-refractivity contribution is 7.10. The Morgan fingerprint density at radius 2 is 2.03 bits per heavy atom. The molecule has 0 fully saturated rings. The SMILES string of the molecule is CC(C)c1csc(C=Cc2cncc(NC(=O)Cc3ccccc3C(=O)NC#N)c2)n1. The van der Waals surface area contributed by atoms with E-state index >= 15 is 0 Å². The van der Waals surface area contributed by atoms with E-state index in [-0.39, 0.29) is 12.3 Å². The Balaban J connectivity index is 1.67. The molecule has 3 aromatic rings. The Morgan fingerprint density at radius 3 is 2.77 bits per heavy atom. The smallest absolute Gasteiger partial charge is 0.264 e. The number of carbonyl (C=O) groups is 2. The van der Waals surface area contributed by atoms with Crippen LogP contribution in [-0.4, -0.2) is 21.8 Å². The molecule has 2 amide bonds. The van der Waals surface area contributed by atoms with Crippen LogP contribution >= 0.6 is 11.3 Å². The summed E-state index contributed by atoms with van der Waals surface area (Å²) in [4.78, 5) is 33.2. The first-order valence-corrected chi connectivity index (χ1v) is 10.5. The summed E-state index contributed by atoms with van der Waals surface area (Å²) >= 11 is 1.58. The Bertz CT molecular complexity index is 1160. The van der Waals surface area contributed by atoms with Gasteiger partial charge in [0.2, 0.25) is 5.91 Å². The van der Waals surface area contributed by atoms with Crippen molar-refractivity contribution in [2.24, 2.45) is 0 Å². The third-order valence-corrected chi connectivity index (χ3v) is 5.20. The molecule has 0 bridgehead atoms. The van der Waals surface area contributed by atoms with Crippen LogP contribution in [0.2, 0.25) is 0 Å². The molecule has 0 saturated carbocycles. The fraction of sp³-hybridized carbons (Fsp3) is 0.174. The molecule has 0 aliphatic rings. The molecule has 0 radical (unpaired) electrons. The number of aromatic nitrogens is 2. The van der Waals surface area contributed by atoms with Crippen LogP contribution in [0.3, 0.4) is 0 Å². The Hall–Kier alpha value is -3.83. The molecular weight excluding hydrogens is 410 g/mol. The van der Waals surface area contributed by atoms with E-state index in [1.54, 1.807) is 54.2 Å². The number of nitrogens with one attached hydrogen (secondary N) is 2. The minimum absolute atomic E-state index is 0.00775. The second-order valence-corrected chi connectivity index (χ2v) is 7.94. The first-order chi connectivity index (χ1) is 15.0. The van der Waals surface area contributed by atoms with E-state index in [9.17, 15) is 9.59 Å². The summed E-state index contributed by atoms with van der Waals surface area (Å²) in [5.41, 5.74) is 3.26. The Morgan fingerprint density at radius 1 is 1.23 bits per heavy atom. The molecule has 0 saturated heterocycles. The lowest BCUT2D eigenvalue weighted by Gasteiger charge is -2.09. The molecule has 0 spiro atoms. The number of hydrogen-bond donors (Lipinski definition) is 2. The van der Waals surface area contributed by atoms with Gasteiger partial charge in [0.1, 0.15) is 5.01 Å². The van der Waals surface area contributed by atoms with Crippen LogP contribution < -0.4 is 10.6 Å². The van der Waals surface area contributed by atoms with Gasteiger partial charge in [0.05, 0.1) is 24.0 Å². The summed E-state index contributed by atoms with van der Waals surface area (Å²) < 4.78 is 0. The number of nitrogens with zero attached hydrogens (tertiary/aromatic N) is 3. The number of amides is 2. The van der Waals surface area contributed by atoms with E-state index in [1.807, 2.05) is 23.6 Å². The standard InChI is InChI=1S/C23H21N5O2S/c1-15(2)20-13-31-22(28-20)8-7-16-9-18(12-25-11-16)27-21(29)10-17-5-3-4-6-19(17)23(30)26-14-24/h3-9,11-13,15H,10H2,1-2H3,(H,26,30)(H,27,29). The summed E-state index contributed by atoms with van der Waals surface area (Å²) in [6.07, 6.45) is 8.67. The van der Waals surface area contributed by atoms with Crippen LogP contribution in [-0.2, 0) is 11.2 Å². The first-order valence-electron chi connectivity index (χ1n) is 9.62. The van der Waals surface area contributed by atoms with Gasteiger partial charge in [0.15, 0.2) is 6.19 Å².